The molecule has 1 heterocycles. The Balaban J connectivity index is 1.78. The summed E-state index contributed by atoms with van der Waals surface area (Å²) in [6, 6.07) is 12.8. The van der Waals surface area contributed by atoms with Crippen molar-refractivity contribution in [1.82, 2.24) is 0 Å². The van der Waals surface area contributed by atoms with Gasteiger partial charge in [-0.25, -0.2) is 4.79 Å². The molecule has 21 heavy (non-hydrogen) atoms. The third-order valence-electron chi connectivity index (χ3n) is 3.57. The molecule has 5 heteroatoms. The quantitative estimate of drug-likeness (QED) is 0.833. The maximum absolute atomic E-state index is 12.4. The summed E-state index contributed by atoms with van der Waals surface area (Å²) in [4.78, 5) is 14.1. The molecule has 0 bridgehead atoms. The highest BCUT2D eigenvalue weighted by molar-refractivity contribution is 6.03. The number of fused-ring (bicyclic) bond motifs is 1. The molecular weight excluding hydrogens is 266 g/mol. The van der Waals surface area contributed by atoms with Crippen LogP contribution in [0.2, 0.25) is 0 Å². The number of nitrogens with one attached hydrogen (secondary N) is 1. The van der Waals surface area contributed by atoms with E-state index in [1.807, 2.05) is 36.4 Å². The van der Waals surface area contributed by atoms with Crippen molar-refractivity contribution in [1.29, 1.82) is 0 Å². The number of ether oxygens (including phenoxy) is 1. The zero-order valence-corrected chi connectivity index (χ0v) is 11.8. The third-order valence-corrected chi connectivity index (χ3v) is 3.57. The first-order valence-electron chi connectivity index (χ1n) is 6.78. The lowest BCUT2D eigenvalue weighted by atomic mass is 10.1. The highest BCUT2D eigenvalue weighted by atomic mass is 16.5. The van der Waals surface area contributed by atoms with Crippen LogP contribution in [0.1, 0.15) is 5.56 Å². The number of carbonyl (C=O) groups excluding carboxylic acids is 1. The van der Waals surface area contributed by atoms with Gasteiger partial charge in [-0.15, -0.1) is 0 Å². The van der Waals surface area contributed by atoms with Gasteiger partial charge in [0, 0.05) is 29.7 Å². The Morgan fingerprint density at radius 2 is 2.14 bits per heavy atom. The third kappa shape index (κ3) is 2.63. The molecule has 5 nitrogen and oxygen atoms in total. The van der Waals surface area contributed by atoms with Crippen molar-refractivity contribution in [2.45, 2.75) is 6.42 Å². The smallest absolute Gasteiger partial charge is 0.326 e. The molecule has 0 unspecified atom stereocenters. The zero-order valence-electron chi connectivity index (χ0n) is 11.8. The molecule has 0 saturated carbocycles. The number of urea groups is 1. The van der Waals surface area contributed by atoms with Crippen LogP contribution in [-0.4, -0.2) is 19.7 Å². The van der Waals surface area contributed by atoms with Crippen LogP contribution in [-0.2, 0) is 6.42 Å². The topological polar surface area (TPSA) is 67.6 Å². The second kappa shape index (κ2) is 5.36. The summed E-state index contributed by atoms with van der Waals surface area (Å²) in [7, 11) is 1.60. The summed E-state index contributed by atoms with van der Waals surface area (Å²) in [5.41, 5.74) is 9.24. The van der Waals surface area contributed by atoms with Gasteiger partial charge < -0.3 is 15.8 Å². The Bertz CT molecular complexity index is 685. The Morgan fingerprint density at radius 1 is 1.29 bits per heavy atom. The number of hydrogen-bond donors (Lipinski definition) is 2. The number of benzene rings is 2. The van der Waals surface area contributed by atoms with Crippen LogP contribution in [0.3, 0.4) is 0 Å². The fourth-order valence-electron chi connectivity index (χ4n) is 2.52. The van der Waals surface area contributed by atoms with Crippen LogP contribution < -0.4 is 20.7 Å². The molecule has 3 rings (SSSR count). The number of hydrogen-bond acceptors (Lipinski definition) is 3. The van der Waals surface area contributed by atoms with E-state index in [-0.39, 0.29) is 6.03 Å². The number of carbonyl (C=O) groups is 1. The predicted octanol–water partition coefficient (Wildman–Crippen LogP) is 2.87. The van der Waals surface area contributed by atoms with Crippen molar-refractivity contribution < 1.29 is 9.53 Å². The number of nitrogens with two attached hydrogens (primary N) is 1. The van der Waals surface area contributed by atoms with Crippen LogP contribution in [0.25, 0.3) is 0 Å². The van der Waals surface area contributed by atoms with Gasteiger partial charge in [-0.2, -0.15) is 0 Å². The van der Waals surface area contributed by atoms with Gasteiger partial charge in [-0.1, -0.05) is 6.07 Å². The lowest BCUT2D eigenvalue weighted by Gasteiger charge is -2.18. The average molecular weight is 283 g/mol. The molecule has 0 atom stereocenters. The van der Waals surface area contributed by atoms with Crippen LogP contribution in [0.15, 0.2) is 42.5 Å². The maximum atomic E-state index is 12.4. The molecule has 0 aromatic heterocycles. The summed E-state index contributed by atoms with van der Waals surface area (Å²) in [5.74, 6) is 0.711. The van der Waals surface area contributed by atoms with Crippen LogP contribution in [0.4, 0.5) is 21.9 Å². The molecule has 0 spiro atoms. The van der Waals surface area contributed by atoms with Gasteiger partial charge in [-0.05, 0) is 42.3 Å². The Morgan fingerprint density at radius 3 is 2.95 bits per heavy atom. The molecule has 1 aliphatic heterocycles. The molecule has 0 saturated heterocycles. The normalized spacial score (nSPS) is 12.9. The van der Waals surface area contributed by atoms with Gasteiger partial charge in [0.05, 0.1) is 7.11 Å². The molecule has 0 fully saturated rings. The minimum atomic E-state index is -0.147. The van der Waals surface area contributed by atoms with Gasteiger partial charge in [-0.3, -0.25) is 4.90 Å². The lowest BCUT2D eigenvalue weighted by molar-refractivity contribution is 0.257. The number of nitrogen functional groups attached to an aromatic ring is 1. The van der Waals surface area contributed by atoms with Crippen molar-refractivity contribution in [3.8, 4) is 5.75 Å². The highest BCUT2D eigenvalue weighted by Gasteiger charge is 2.24. The van der Waals surface area contributed by atoms with Crippen molar-refractivity contribution in [3.63, 3.8) is 0 Å². The van der Waals surface area contributed by atoms with Crippen molar-refractivity contribution in [2.75, 3.05) is 29.6 Å². The average Bonchev–Trinajstić information content (AvgIpc) is 2.90. The molecular formula is C16H17N3O2. The minimum Gasteiger partial charge on any atom is -0.497 e. The van der Waals surface area contributed by atoms with E-state index in [0.717, 1.165) is 23.4 Å². The van der Waals surface area contributed by atoms with Crippen LogP contribution in [0.5, 0.6) is 5.75 Å². The van der Waals surface area contributed by atoms with Gasteiger partial charge in [0.1, 0.15) is 5.75 Å². The number of anilines is 3. The predicted molar refractivity (Wildman–Crippen MR) is 83.9 cm³/mol. The summed E-state index contributed by atoms with van der Waals surface area (Å²) >= 11 is 0. The van der Waals surface area contributed by atoms with Crippen molar-refractivity contribution in [3.05, 3.63) is 48.0 Å². The molecule has 0 radical (unpaired) electrons. The summed E-state index contributed by atoms with van der Waals surface area (Å²) in [6.07, 6.45) is 0.825. The second-order valence-corrected chi connectivity index (χ2v) is 4.95. The van der Waals surface area contributed by atoms with E-state index in [4.69, 9.17) is 10.5 Å². The SMILES string of the molecule is COc1cccc(NC(=O)N2CCc3cc(N)ccc32)c1. The van der Waals surface area contributed by atoms with Crippen molar-refractivity contribution >= 4 is 23.1 Å². The molecule has 0 aliphatic carbocycles. The number of methoxy groups -OCH3 is 1. The first kappa shape index (κ1) is 13.3. The Kier molecular flexibility index (Phi) is 3.39. The maximum Gasteiger partial charge on any atom is 0.326 e. The van der Waals surface area contributed by atoms with E-state index in [2.05, 4.69) is 5.32 Å². The number of nitrogens with zero attached hydrogens (tertiary/aromatic N) is 1. The molecule has 2 aromatic rings. The first-order valence-corrected chi connectivity index (χ1v) is 6.78. The first-order chi connectivity index (χ1) is 10.2. The standard InChI is InChI=1S/C16H17N3O2/c1-21-14-4-2-3-13(10-14)18-16(20)19-8-7-11-9-12(17)5-6-15(11)19/h2-6,9-10H,7-8,17H2,1H3,(H,18,20). The van der Waals surface area contributed by atoms with Gasteiger partial charge in [0.2, 0.25) is 0 Å². The van der Waals surface area contributed by atoms with E-state index in [1.54, 1.807) is 18.1 Å². The second-order valence-electron chi connectivity index (χ2n) is 4.95. The number of rotatable bonds is 2. The largest absolute Gasteiger partial charge is 0.497 e. The van der Waals surface area contributed by atoms with E-state index in [1.165, 1.54) is 0 Å². The minimum absolute atomic E-state index is 0.147. The van der Waals surface area contributed by atoms with Crippen LogP contribution >= 0.6 is 0 Å². The summed E-state index contributed by atoms with van der Waals surface area (Å²) in [6.45, 7) is 0.661. The lowest BCUT2D eigenvalue weighted by Crippen LogP contribution is -2.33. The fraction of sp³-hybridized carbons (Fsp3) is 0.188. The summed E-state index contributed by atoms with van der Waals surface area (Å²) in [5, 5.41) is 2.89. The Hall–Kier alpha value is -2.69. The number of amides is 2. The highest BCUT2D eigenvalue weighted by Crippen LogP contribution is 2.30. The summed E-state index contributed by atoms with van der Waals surface area (Å²) < 4.78 is 5.15. The van der Waals surface area contributed by atoms with Crippen molar-refractivity contribution in [2.24, 2.45) is 0 Å². The molecule has 108 valence electrons. The monoisotopic (exact) mass is 283 g/mol. The Labute approximate surface area is 123 Å². The van der Waals surface area contributed by atoms with E-state index in [0.29, 0.717) is 18.0 Å². The van der Waals surface area contributed by atoms with E-state index in [9.17, 15) is 4.79 Å². The van der Waals surface area contributed by atoms with Crippen LogP contribution in [0, 0.1) is 0 Å². The molecule has 2 aromatic carbocycles. The fourth-order valence-corrected chi connectivity index (χ4v) is 2.52. The van der Waals surface area contributed by atoms with Gasteiger partial charge >= 0.3 is 6.03 Å². The van der Waals surface area contributed by atoms with E-state index < -0.39 is 0 Å². The molecule has 2 amide bonds. The van der Waals surface area contributed by atoms with Gasteiger partial charge in [0.25, 0.3) is 0 Å². The molecule has 1 aliphatic rings. The van der Waals surface area contributed by atoms with E-state index >= 15 is 0 Å². The van der Waals surface area contributed by atoms with Gasteiger partial charge in [0.15, 0.2) is 0 Å². The molecule has 3 N–H and O–H groups in total. The zero-order chi connectivity index (χ0) is 14.8.